The highest BCUT2D eigenvalue weighted by Gasteiger charge is 2.11. The summed E-state index contributed by atoms with van der Waals surface area (Å²) in [4.78, 5) is 22.3. The highest BCUT2D eigenvalue weighted by molar-refractivity contribution is 9.10. The van der Waals surface area contributed by atoms with Crippen LogP contribution in [0, 0.1) is 10.1 Å². The van der Waals surface area contributed by atoms with Crippen molar-refractivity contribution in [3.63, 3.8) is 0 Å². The minimum absolute atomic E-state index is 0.0291. The van der Waals surface area contributed by atoms with Crippen LogP contribution >= 0.6 is 28.1 Å². The number of hydrogen-bond acceptors (Lipinski definition) is 5. The van der Waals surface area contributed by atoms with Gasteiger partial charge in [0.2, 0.25) is 0 Å². The number of rotatable bonds is 4. The second-order valence-corrected chi connectivity index (χ2v) is 5.82. The minimum atomic E-state index is -0.495. The Morgan fingerprint density at radius 2 is 1.92 bits per heavy atom. The number of nitro groups is 1. The molecule has 24 heavy (non-hydrogen) atoms. The van der Waals surface area contributed by atoms with Gasteiger partial charge in [0.05, 0.1) is 16.5 Å². The fourth-order valence-corrected chi connectivity index (χ4v) is 2.56. The second-order valence-electron chi connectivity index (χ2n) is 4.56. The average molecular weight is 410 g/mol. The Balaban J connectivity index is 2.00. The van der Waals surface area contributed by atoms with Crippen molar-refractivity contribution in [3.05, 3.63) is 62.6 Å². The number of carbonyl (C=O) groups is 1. The number of hydrogen-bond donors (Lipinski definition) is 2. The van der Waals surface area contributed by atoms with Crippen molar-refractivity contribution in [3.8, 4) is 5.75 Å². The summed E-state index contributed by atoms with van der Waals surface area (Å²) in [6.07, 6.45) is 0. The van der Waals surface area contributed by atoms with Gasteiger partial charge in [-0.2, -0.15) is 0 Å². The van der Waals surface area contributed by atoms with E-state index in [1.54, 1.807) is 18.2 Å². The minimum Gasteiger partial charge on any atom is -0.496 e. The summed E-state index contributed by atoms with van der Waals surface area (Å²) in [5.74, 6) is 0.218. The molecule has 7 nitrogen and oxygen atoms in total. The van der Waals surface area contributed by atoms with Crippen LogP contribution in [0.15, 0.2) is 46.9 Å². The van der Waals surface area contributed by atoms with Crippen LogP contribution in [0.2, 0.25) is 0 Å². The Labute approximate surface area is 151 Å². The summed E-state index contributed by atoms with van der Waals surface area (Å²) in [5, 5.41) is 16.0. The van der Waals surface area contributed by atoms with E-state index in [9.17, 15) is 14.9 Å². The predicted molar refractivity (Wildman–Crippen MR) is 97.5 cm³/mol. The van der Waals surface area contributed by atoms with Gasteiger partial charge in [0.1, 0.15) is 5.75 Å². The first-order valence-corrected chi connectivity index (χ1v) is 7.81. The molecule has 0 aromatic heterocycles. The smallest absolute Gasteiger partial charge is 0.269 e. The Bertz CT molecular complexity index is 796. The zero-order valence-corrected chi connectivity index (χ0v) is 14.8. The van der Waals surface area contributed by atoms with Crippen molar-refractivity contribution in [2.24, 2.45) is 0 Å². The molecule has 1 amide bonds. The average Bonchev–Trinajstić information content (AvgIpc) is 2.55. The Morgan fingerprint density at radius 3 is 2.46 bits per heavy atom. The highest BCUT2D eigenvalue weighted by atomic mass is 79.9. The number of non-ortho nitro benzene ring substituents is 1. The molecule has 2 aromatic carbocycles. The maximum Gasteiger partial charge on any atom is 0.269 e. The topological polar surface area (TPSA) is 93.5 Å². The summed E-state index contributed by atoms with van der Waals surface area (Å²) >= 11 is 8.37. The number of halogens is 1. The molecule has 9 heteroatoms. The Kier molecular flexibility index (Phi) is 5.83. The van der Waals surface area contributed by atoms with Crippen molar-refractivity contribution < 1.29 is 14.5 Å². The first kappa shape index (κ1) is 17.8. The zero-order chi connectivity index (χ0) is 17.7. The number of amides is 1. The molecule has 124 valence electrons. The van der Waals surface area contributed by atoms with Gasteiger partial charge in [0.25, 0.3) is 11.6 Å². The van der Waals surface area contributed by atoms with Gasteiger partial charge in [-0.1, -0.05) is 0 Å². The molecule has 0 unspecified atom stereocenters. The van der Waals surface area contributed by atoms with Crippen LogP contribution in [-0.2, 0) is 0 Å². The molecule has 0 radical (unpaired) electrons. The van der Waals surface area contributed by atoms with Crippen molar-refractivity contribution in [1.82, 2.24) is 5.32 Å². The Hall–Kier alpha value is -2.52. The van der Waals surface area contributed by atoms with Crippen molar-refractivity contribution in [2.45, 2.75) is 0 Å². The summed E-state index contributed by atoms with van der Waals surface area (Å²) in [5.41, 5.74) is 0.899. The molecule has 0 saturated heterocycles. The molecule has 0 heterocycles. The largest absolute Gasteiger partial charge is 0.496 e. The molecule has 0 saturated carbocycles. The number of benzene rings is 2. The van der Waals surface area contributed by atoms with E-state index in [1.165, 1.54) is 31.4 Å². The molecular weight excluding hydrogens is 398 g/mol. The van der Waals surface area contributed by atoms with Crippen molar-refractivity contribution >= 4 is 50.5 Å². The summed E-state index contributed by atoms with van der Waals surface area (Å²) in [7, 11) is 1.53. The van der Waals surface area contributed by atoms with E-state index in [0.717, 1.165) is 0 Å². The molecule has 0 fully saturated rings. The number of nitrogens with one attached hydrogen (secondary N) is 2. The van der Waals surface area contributed by atoms with Gasteiger partial charge in [-0.15, -0.1) is 0 Å². The molecule has 0 bridgehead atoms. The van der Waals surface area contributed by atoms with Gasteiger partial charge in [0, 0.05) is 23.4 Å². The SMILES string of the molecule is COc1ccc(C(=O)NC(=S)Nc2ccc([N+](=O)[O-])cc2)cc1Br. The molecule has 0 aliphatic carbocycles. The van der Waals surface area contributed by atoms with Crippen LogP contribution in [-0.4, -0.2) is 23.1 Å². The van der Waals surface area contributed by atoms with Gasteiger partial charge in [-0.25, -0.2) is 0 Å². The first-order valence-electron chi connectivity index (χ1n) is 6.61. The van der Waals surface area contributed by atoms with E-state index >= 15 is 0 Å². The molecule has 0 aliphatic heterocycles. The number of carbonyl (C=O) groups excluding carboxylic acids is 1. The van der Waals surface area contributed by atoms with Crippen LogP contribution in [0.1, 0.15) is 10.4 Å². The zero-order valence-electron chi connectivity index (χ0n) is 12.4. The lowest BCUT2D eigenvalue weighted by Gasteiger charge is -2.10. The van der Waals surface area contributed by atoms with E-state index in [0.29, 0.717) is 21.5 Å². The second kappa shape index (κ2) is 7.84. The van der Waals surface area contributed by atoms with Crippen LogP contribution < -0.4 is 15.4 Å². The summed E-state index contributed by atoms with van der Waals surface area (Å²) < 4.78 is 5.75. The van der Waals surface area contributed by atoms with Gasteiger partial charge >= 0.3 is 0 Å². The number of thiocarbonyl (C=S) groups is 1. The number of nitrogens with zero attached hydrogens (tertiary/aromatic N) is 1. The number of anilines is 1. The van der Waals surface area contributed by atoms with E-state index in [2.05, 4.69) is 26.6 Å². The van der Waals surface area contributed by atoms with Gasteiger partial charge < -0.3 is 10.1 Å². The van der Waals surface area contributed by atoms with Crippen molar-refractivity contribution in [2.75, 3.05) is 12.4 Å². The maximum atomic E-state index is 12.2. The van der Waals surface area contributed by atoms with Gasteiger partial charge in [-0.05, 0) is 58.5 Å². The normalized spacial score (nSPS) is 9.92. The lowest BCUT2D eigenvalue weighted by atomic mass is 10.2. The van der Waals surface area contributed by atoms with Crippen molar-refractivity contribution in [1.29, 1.82) is 0 Å². The molecule has 0 atom stereocenters. The summed E-state index contributed by atoms with van der Waals surface area (Å²) in [6, 6.07) is 10.6. The molecule has 2 N–H and O–H groups in total. The van der Waals surface area contributed by atoms with E-state index < -0.39 is 10.8 Å². The van der Waals surface area contributed by atoms with E-state index in [4.69, 9.17) is 17.0 Å². The fraction of sp³-hybridized carbons (Fsp3) is 0.0667. The van der Waals surface area contributed by atoms with E-state index in [-0.39, 0.29) is 10.8 Å². The van der Waals surface area contributed by atoms with Crippen LogP contribution in [0.25, 0.3) is 0 Å². The van der Waals surface area contributed by atoms with Gasteiger partial charge in [0.15, 0.2) is 5.11 Å². The third kappa shape index (κ3) is 4.49. The first-order chi connectivity index (χ1) is 11.4. The monoisotopic (exact) mass is 409 g/mol. The van der Waals surface area contributed by atoms with Gasteiger partial charge in [-0.3, -0.25) is 20.2 Å². The third-order valence-corrected chi connectivity index (χ3v) is 3.80. The maximum absolute atomic E-state index is 12.2. The highest BCUT2D eigenvalue weighted by Crippen LogP contribution is 2.25. The molecule has 0 spiro atoms. The molecule has 2 rings (SSSR count). The summed E-state index contributed by atoms with van der Waals surface area (Å²) in [6.45, 7) is 0. The lowest BCUT2D eigenvalue weighted by molar-refractivity contribution is -0.384. The quantitative estimate of drug-likeness (QED) is 0.455. The number of methoxy groups -OCH3 is 1. The molecular formula is C15H12BrN3O4S. The van der Waals surface area contributed by atoms with Crippen LogP contribution in [0.4, 0.5) is 11.4 Å². The standard InChI is InChI=1S/C15H12BrN3O4S/c1-23-13-7-2-9(8-12(13)16)14(20)18-15(24)17-10-3-5-11(6-4-10)19(21)22/h2-8H,1H3,(H2,17,18,20,24). The molecule has 2 aromatic rings. The predicted octanol–water partition coefficient (Wildman–Crippen LogP) is 3.49. The number of nitro benzene ring substituents is 1. The fourth-order valence-electron chi connectivity index (χ4n) is 1.81. The third-order valence-electron chi connectivity index (χ3n) is 2.98. The Morgan fingerprint density at radius 1 is 1.25 bits per heavy atom. The van der Waals surface area contributed by atoms with E-state index in [1.807, 2.05) is 0 Å². The van der Waals surface area contributed by atoms with Crippen LogP contribution in [0.3, 0.4) is 0 Å². The lowest BCUT2D eigenvalue weighted by Crippen LogP contribution is -2.34. The van der Waals surface area contributed by atoms with Crippen LogP contribution in [0.5, 0.6) is 5.75 Å². The molecule has 0 aliphatic rings. The number of ether oxygens (including phenoxy) is 1.